The van der Waals surface area contributed by atoms with Crippen molar-refractivity contribution in [3.05, 3.63) is 16.4 Å². The minimum atomic E-state index is 0.464. The van der Waals surface area contributed by atoms with Gasteiger partial charge in [0.15, 0.2) is 0 Å². The van der Waals surface area contributed by atoms with Gasteiger partial charge in [-0.1, -0.05) is 11.6 Å². The van der Waals surface area contributed by atoms with Crippen LogP contribution in [0.1, 0.15) is 11.3 Å². The number of methoxy groups -OCH3 is 1. The van der Waals surface area contributed by atoms with Crippen molar-refractivity contribution >= 4 is 11.6 Å². The summed E-state index contributed by atoms with van der Waals surface area (Å²) >= 11 is 6.07. The zero-order chi connectivity index (χ0) is 12.7. The van der Waals surface area contributed by atoms with Gasteiger partial charge in [-0.3, -0.25) is 4.68 Å². The van der Waals surface area contributed by atoms with Crippen LogP contribution in [0.3, 0.4) is 0 Å². The first-order chi connectivity index (χ1) is 8.16. The average molecular weight is 263 g/mol. The highest BCUT2D eigenvalue weighted by atomic mass is 35.5. The Kier molecular flexibility index (Phi) is 6.50. The van der Waals surface area contributed by atoms with Gasteiger partial charge in [-0.15, -0.1) is 0 Å². The van der Waals surface area contributed by atoms with E-state index in [-0.39, 0.29) is 0 Å². The van der Waals surface area contributed by atoms with E-state index in [9.17, 15) is 0 Å². The number of hydrogen-bond donors (Lipinski definition) is 0. The standard InChI is InChI=1S/C11H19ClN2O3/c1-9-10(11(12)14(2)13-9)8-17-7-6-16-5-4-15-3/h4-8H2,1-3H3. The van der Waals surface area contributed by atoms with Crippen LogP contribution in [-0.4, -0.2) is 43.3 Å². The van der Waals surface area contributed by atoms with Crippen LogP contribution in [-0.2, 0) is 27.9 Å². The van der Waals surface area contributed by atoms with Gasteiger partial charge in [0.2, 0.25) is 0 Å². The van der Waals surface area contributed by atoms with Crippen LogP contribution in [0.5, 0.6) is 0 Å². The maximum absolute atomic E-state index is 6.07. The fraction of sp³-hybridized carbons (Fsp3) is 0.727. The third-order valence-electron chi connectivity index (χ3n) is 2.32. The lowest BCUT2D eigenvalue weighted by Gasteiger charge is -2.05. The van der Waals surface area contributed by atoms with Gasteiger partial charge in [0.1, 0.15) is 5.15 Å². The maximum Gasteiger partial charge on any atom is 0.132 e. The monoisotopic (exact) mass is 262 g/mol. The molecule has 0 aliphatic rings. The molecule has 0 amide bonds. The molecule has 0 spiro atoms. The Morgan fingerprint density at radius 1 is 1.18 bits per heavy atom. The van der Waals surface area contributed by atoms with Gasteiger partial charge in [0.25, 0.3) is 0 Å². The summed E-state index contributed by atoms with van der Waals surface area (Å²) in [5, 5.41) is 4.83. The summed E-state index contributed by atoms with van der Waals surface area (Å²) in [5.74, 6) is 0. The van der Waals surface area contributed by atoms with Crippen molar-refractivity contribution < 1.29 is 14.2 Å². The van der Waals surface area contributed by atoms with Gasteiger partial charge in [0.05, 0.1) is 38.7 Å². The highest BCUT2D eigenvalue weighted by molar-refractivity contribution is 6.30. The molecule has 5 nitrogen and oxygen atoms in total. The third kappa shape index (κ3) is 4.63. The van der Waals surface area contributed by atoms with Crippen LogP contribution < -0.4 is 0 Å². The summed E-state index contributed by atoms with van der Waals surface area (Å²) in [6, 6.07) is 0. The SMILES string of the molecule is COCCOCCOCc1c(C)nn(C)c1Cl. The molecule has 0 aliphatic carbocycles. The third-order valence-corrected chi connectivity index (χ3v) is 2.79. The number of hydrogen-bond acceptors (Lipinski definition) is 4. The first-order valence-electron chi connectivity index (χ1n) is 5.49. The molecule has 0 unspecified atom stereocenters. The number of halogens is 1. The summed E-state index contributed by atoms with van der Waals surface area (Å²) in [4.78, 5) is 0. The molecule has 0 aromatic carbocycles. The predicted octanol–water partition coefficient (Wildman–Crippen LogP) is 1.56. The van der Waals surface area contributed by atoms with Crippen LogP contribution in [0.4, 0.5) is 0 Å². The summed E-state index contributed by atoms with van der Waals surface area (Å²) in [6.07, 6.45) is 0. The fourth-order valence-electron chi connectivity index (χ4n) is 1.37. The molecule has 0 bridgehead atoms. The normalized spacial score (nSPS) is 11.1. The Hall–Kier alpha value is -0.620. The second-order valence-electron chi connectivity index (χ2n) is 3.64. The molecule has 0 saturated carbocycles. The summed E-state index contributed by atoms with van der Waals surface area (Å²) in [7, 11) is 3.46. The molecule has 0 saturated heterocycles. The minimum Gasteiger partial charge on any atom is -0.382 e. The molecule has 1 rings (SSSR count). The Morgan fingerprint density at radius 3 is 2.41 bits per heavy atom. The summed E-state index contributed by atoms with van der Waals surface area (Å²) < 4.78 is 17.2. The Bertz CT molecular complexity index is 342. The van der Waals surface area contributed by atoms with E-state index in [0.717, 1.165) is 11.3 Å². The Balaban J connectivity index is 2.18. The molecular weight excluding hydrogens is 244 g/mol. The fourth-order valence-corrected chi connectivity index (χ4v) is 1.60. The minimum absolute atomic E-state index is 0.464. The van der Waals surface area contributed by atoms with Crippen LogP contribution >= 0.6 is 11.6 Å². The van der Waals surface area contributed by atoms with E-state index in [1.54, 1.807) is 11.8 Å². The molecule has 0 fully saturated rings. The van der Waals surface area contributed by atoms with Crippen LogP contribution in [0, 0.1) is 6.92 Å². The van der Waals surface area contributed by atoms with Gasteiger partial charge in [-0.05, 0) is 6.92 Å². The number of ether oxygens (including phenoxy) is 3. The molecule has 0 aliphatic heterocycles. The van der Waals surface area contributed by atoms with Crippen molar-refractivity contribution in [1.29, 1.82) is 0 Å². The molecule has 0 radical (unpaired) electrons. The number of nitrogens with zero attached hydrogens (tertiary/aromatic N) is 2. The maximum atomic E-state index is 6.07. The molecule has 1 heterocycles. The second-order valence-corrected chi connectivity index (χ2v) is 3.99. The van der Waals surface area contributed by atoms with Gasteiger partial charge in [-0.2, -0.15) is 5.10 Å². The van der Waals surface area contributed by atoms with E-state index < -0.39 is 0 Å². The van der Waals surface area contributed by atoms with Crippen molar-refractivity contribution in [3.63, 3.8) is 0 Å². The molecule has 1 aromatic rings. The highest BCUT2D eigenvalue weighted by Gasteiger charge is 2.10. The number of aromatic nitrogens is 2. The van der Waals surface area contributed by atoms with Crippen LogP contribution in [0.15, 0.2) is 0 Å². The van der Waals surface area contributed by atoms with Crippen molar-refractivity contribution in [2.45, 2.75) is 13.5 Å². The van der Waals surface area contributed by atoms with Crippen LogP contribution in [0.25, 0.3) is 0 Å². The van der Waals surface area contributed by atoms with Crippen LogP contribution in [0.2, 0.25) is 5.15 Å². The quantitative estimate of drug-likeness (QED) is 0.667. The van der Waals surface area contributed by atoms with E-state index in [4.69, 9.17) is 25.8 Å². The van der Waals surface area contributed by atoms with E-state index in [1.165, 1.54) is 0 Å². The molecule has 0 atom stereocenters. The first-order valence-corrected chi connectivity index (χ1v) is 5.87. The van der Waals surface area contributed by atoms with E-state index in [1.807, 2.05) is 14.0 Å². The molecule has 1 aromatic heterocycles. The van der Waals surface area contributed by atoms with Gasteiger partial charge >= 0.3 is 0 Å². The van der Waals surface area contributed by atoms with Crippen molar-refractivity contribution in [1.82, 2.24) is 9.78 Å². The average Bonchev–Trinajstić information content (AvgIpc) is 2.54. The molecule has 98 valence electrons. The van der Waals surface area contributed by atoms with E-state index >= 15 is 0 Å². The lowest BCUT2D eigenvalue weighted by Crippen LogP contribution is -2.08. The van der Waals surface area contributed by atoms with E-state index in [0.29, 0.717) is 38.2 Å². The Labute approximate surface area is 107 Å². The van der Waals surface area contributed by atoms with Crippen molar-refractivity contribution in [2.24, 2.45) is 7.05 Å². The first kappa shape index (κ1) is 14.4. The largest absolute Gasteiger partial charge is 0.382 e. The van der Waals surface area contributed by atoms with Crippen molar-refractivity contribution in [3.8, 4) is 0 Å². The summed E-state index contributed by atoms with van der Waals surface area (Å²) in [5.41, 5.74) is 1.84. The summed E-state index contributed by atoms with van der Waals surface area (Å²) in [6.45, 7) is 4.67. The topological polar surface area (TPSA) is 45.5 Å². The Morgan fingerprint density at radius 2 is 1.82 bits per heavy atom. The zero-order valence-corrected chi connectivity index (χ0v) is 11.3. The zero-order valence-electron chi connectivity index (χ0n) is 10.5. The van der Waals surface area contributed by atoms with Gasteiger partial charge in [0, 0.05) is 19.7 Å². The molecule has 6 heteroatoms. The molecule has 17 heavy (non-hydrogen) atoms. The predicted molar refractivity (Wildman–Crippen MR) is 65.3 cm³/mol. The highest BCUT2D eigenvalue weighted by Crippen LogP contribution is 2.19. The lowest BCUT2D eigenvalue weighted by molar-refractivity contribution is 0.0198. The molecule has 0 N–H and O–H groups in total. The van der Waals surface area contributed by atoms with Gasteiger partial charge < -0.3 is 14.2 Å². The van der Waals surface area contributed by atoms with E-state index in [2.05, 4.69) is 5.10 Å². The smallest absolute Gasteiger partial charge is 0.132 e. The number of rotatable bonds is 8. The molecular formula is C11H19ClN2O3. The number of aryl methyl sites for hydroxylation is 2. The van der Waals surface area contributed by atoms with Gasteiger partial charge in [-0.25, -0.2) is 0 Å². The van der Waals surface area contributed by atoms with Crippen molar-refractivity contribution in [2.75, 3.05) is 33.5 Å². The second kappa shape index (κ2) is 7.66. The lowest BCUT2D eigenvalue weighted by atomic mass is 10.3.